The second kappa shape index (κ2) is 9.01. The van der Waals surface area contributed by atoms with Crippen LogP contribution in [0.5, 0.6) is 0 Å². The molecule has 1 aromatic rings. The summed E-state index contributed by atoms with van der Waals surface area (Å²) in [6.45, 7) is 5.94. The van der Waals surface area contributed by atoms with E-state index >= 15 is 0 Å². The summed E-state index contributed by atoms with van der Waals surface area (Å²) in [6, 6.07) is 0. The van der Waals surface area contributed by atoms with Crippen LogP contribution in [0.2, 0.25) is 0 Å². The van der Waals surface area contributed by atoms with Gasteiger partial charge in [-0.25, -0.2) is 4.98 Å². The number of ether oxygens (including phenoxy) is 2. The Morgan fingerprint density at radius 2 is 2.24 bits per heavy atom. The minimum atomic E-state index is 0.643. The first-order chi connectivity index (χ1) is 8.38. The molecule has 0 amide bonds. The van der Waals surface area contributed by atoms with Crippen LogP contribution in [0.15, 0.2) is 12.4 Å². The molecule has 0 radical (unpaired) electrons. The molecule has 17 heavy (non-hydrogen) atoms. The van der Waals surface area contributed by atoms with Crippen LogP contribution < -0.4 is 5.32 Å². The van der Waals surface area contributed by atoms with E-state index in [0.29, 0.717) is 19.8 Å². The van der Waals surface area contributed by atoms with Crippen molar-refractivity contribution in [3.8, 4) is 0 Å². The Balaban J connectivity index is 2.20. The average Bonchev–Trinajstić information content (AvgIpc) is 2.77. The number of nitrogens with one attached hydrogen (secondary N) is 1. The molecule has 0 spiro atoms. The Morgan fingerprint density at radius 3 is 3.00 bits per heavy atom. The third-order valence-electron chi connectivity index (χ3n) is 2.44. The summed E-state index contributed by atoms with van der Waals surface area (Å²) in [5.74, 6) is 0.925. The van der Waals surface area contributed by atoms with E-state index in [-0.39, 0.29) is 0 Å². The second-order valence-corrected chi connectivity index (χ2v) is 3.83. The fourth-order valence-electron chi connectivity index (χ4n) is 1.44. The highest BCUT2D eigenvalue weighted by molar-refractivity contribution is 5.25. The van der Waals surface area contributed by atoms with Gasteiger partial charge in [0.25, 0.3) is 0 Å². The fourth-order valence-corrected chi connectivity index (χ4v) is 1.44. The minimum Gasteiger partial charge on any atom is -0.382 e. The quantitative estimate of drug-likeness (QED) is 0.634. The van der Waals surface area contributed by atoms with Crippen molar-refractivity contribution in [1.29, 1.82) is 0 Å². The second-order valence-electron chi connectivity index (χ2n) is 3.83. The molecule has 0 aliphatic rings. The number of aromatic nitrogens is 2. The maximum atomic E-state index is 5.43. The van der Waals surface area contributed by atoms with Crippen molar-refractivity contribution >= 4 is 5.95 Å². The Kier molecular flexibility index (Phi) is 7.42. The van der Waals surface area contributed by atoms with Crippen molar-refractivity contribution in [2.24, 2.45) is 0 Å². The Morgan fingerprint density at radius 1 is 1.35 bits per heavy atom. The van der Waals surface area contributed by atoms with Gasteiger partial charge in [0, 0.05) is 32.6 Å². The van der Waals surface area contributed by atoms with Gasteiger partial charge in [-0.1, -0.05) is 13.3 Å². The zero-order valence-corrected chi connectivity index (χ0v) is 10.8. The molecule has 0 saturated heterocycles. The lowest BCUT2D eigenvalue weighted by Gasteiger charge is -2.09. The lowest BCUT2D eigenvalue weighted by atomic mass is 10.3. The third-order valence-corrected chi connectivity index (χ3v) is 2.44. The van der Waals surface area contributed by atoms with Gasteiger partial charge in [0.1, 0.15) is 0 Å². The first-order valence-corrected chi connectivity index (χ1v) is 6.20. The van der Waals surface area contributed by atoms with E-state index in [1.54, 1.807) is 7.11 Å². The number of methoxy groups -OCH3 is 1. The molecular formula is C12H23N3O2. The van der Waals surface area contributed by atoms with Gasteiger partial charge in [0.2, 0.25) is 5.95 Å². The van der Waals surface area contributed by atoms with Gasteiger partial charge in [0.15, 0.2) is 0 Å². The van der Waals surface area contributed by atoms with Gasteiger partial charge >= 0.3 is 0 Å². The summed E-state index contributed by atoms with van der Waals surface area (Å²) in [4.78, 5) is 4.27. The molecule has 1 N–H and O–H groups in total. The van der Waals surface area contributed by atoms with Crippen molar-refractivity contribution in [2.45, 2.75) is 26.3 Å². The maximum absolute atomic E-state index is 5.43. The highest BCUT2D eigenvalue weighted by atomic mass is 16.5. The maximum Gasteiger partial charge on any atom is 0.202 e. The van der Waals surface area contributed by atoms with Crippen LogP contribution in [0.4, 0.5) is 5.95 Å². The van der Waals surface area contributed by atoms with Crippen LogP contribution >= 0.6 is 0 Å². The molecule has 0 bridgehead atoms. The average molecular weight is 241 g/mol. The predicted octanol–water partition coefficient (Wildman–Crippen LogP) is 1.76. The molecule has 0 aromatic carbocycles. The van der Waals surface area contributed by atoms with Gasteiger partial charge in [-0.2, -0.15) is 0 Å². The summed E-state index contributed by atoms with van der Waals surface area (Å²) >= 11 is 0. The number of imidazole rings is 1. The van der Waals surface area contributed by atoms with Gasteiger partial charge in [0.05, 0.1) is 19.8 Å². The molecule has 0 atom stereocenters. The normalized spacial score (nSPS) is 10.7. The van der Waals surface area contributed by atoms with Crippen LogP contribution in [0.1, 0.15) is 19.8 Å². The van der Waals surface area contributed by atoms with E-state index in [9.17, 15) is 0 Å². The predicted molar refractivity (Wildman–Crippen MR) is 68.3 cm³/mol. The molecule has 1 heterocycles. The molecule has 0 fully saturated rings. The summed E-state index contributed by atoms with van der Waals surface area (Å²) < 4.78 is 12.4. The molecule has 1 aromatic heterocycles. The van der Waals surface area contributed by atoms with Crippen LogP contribution in [0.25, 0.3) is 0 Å². The Bertz CT molecular complexity index is 289. The van der Waals surface area contributed by atoms with E-state index in [2.05, 4.69) is 21.8 Å². The van der Waals surface area contributed by atoms with Crippen LogP contribution in [-0.4, -0.2) is 43.0 Å². The molecule has 1 rings (SSSR count). The molecule has 5 heteroatoms. The number of anilines is 1. The first kappa shape index (κ1) is 14.0. The van der Waals surface area contributed by atoms with Gasteiger partial charge in [-0.05, 0) is 6.42 Å². The summed E-state index contributed by atoms with van der Waals surface area (Å²) in [7, 11) is 1.68. The highest BCUT2D eigenvalue weighted by Gasteiger charge is 2.00. The van der Waals surface area contributed by atoms with E-state index < -0.39 is 0 Å². The lowest BCUT2D eigenvalue weighted by molar-refractivity contribution is 0.0668. The number of nitrogens with zero attached hydrogens (tertiary/aromatic N) is 2. The third kappa shape index (κ3) is 5.70. The van der Waals surface area contributed by atoms with Gasteiger partial charge in [-0.15, -0.1) is 0 Å². The molecule has 0 aliphatic carbocycles. The van der Waals surface area contributed by atoms with Crippen LogP contribution in [0, 0.1) is 0 Å². The number of hydrogen-bond donors (Lipinski definition) is 1. The van der Waals surface area contributed by atoms with Crippen molar-refractivity contribution in [3.05, 3.63) is 12.4 Å². The molecule has 98 valence electrons. The zero-order chi connectivity index (χ0) is 12.3. The Labute approximate surface area is 103 Å². The zero-order valence-electron chi connectivity index (χ0n) is 10.8. The van der Waals surface area contributed by atoms with Crippen LogP contribution in [0.3, 0.4) is 0 Å². The monoisotopic (exact) mass is 241 g/mol. The van der Waals surface area contributed by atoms with Crippen molar-refractivity contribution in [2.75, 3.05) is 38.8 Å². The standard InChI is InChI=1S/C12H23N3O2/c1-3-4-5-13-12-14-6-7-15(12)8-9-17-11-10-16-2/h6-7H,3-5,8-11H2,1-2H3,(H,13,14). The van der Waals surface area contributed by atoms with Crippen LogP contribution in [-0.2, 0) is 16.0 Å². The minimum absolute atomic E-state index is 0.643. The smallest absolute Gasteiger partial charge is 0.202 e. The fraction of sp³-hybridized carbons (Fsp3) is 0.750. The van der Waals surface area contributed by atoms with Crippen molar-refractivity contribution < 1.29 is 9.47 Å². The SMILES string of the molecule is CCCCNc1nccn1CCOCCOC. The molecular weight excluding hydrogens is 218 g/mol. The van der Waals surface area contributed by atoms with E-state index in [1.807, 2.05) is 12.4 Å². The number of unbranched alkanes of at least 4 members (excludes halogenated alkanes) is 1. The molecule has 0 saturated carbocycles. The summed E-state index contributed by atoms with van der Waals surface area (Å²) in [5.41, 5.74) is 0. The molecule has 0 aliphatic heterocycles. The van der Waals surface area contributed by atoms with E-state index in [0.717, 1.165) is 25.5 Å². The van der Waals surface area contributed by atoms with E-state index in [4.69, 9.17) is 9.47 Å². The highest BCUT2D eigenvalue weighted by Crippen LogP contribution is 2.04. The van der Waals surface area contributed by atoms with Crippen molar-refractivity contribution in [3.63, 3.8) is 0 Å². The van der Waals surface area contributed by atoms with Gasteiger partial charge in [-0.3, -0.25) is 0 Å². The summed E-state index contributed by atoms with van der Waals surface area (Å²) in [6.07, 6.45) is 6.13. The molecule has 5 nitrogen and oxygen atoms in total. The van der Waals surface area contributed by atoms with Crippen molar-refractivity contribution in [1.82, 2.24) is 9.55 Å². The largest absolute Gasteiger partial charge is 0.382 e. The molecule has 0 unspecified atom stereocenters. The number of rotatable bonds is 10. The van der Waals surface area contributed by atoms with Gasteiger partial charge < -0.3 is 19.4 Å². The number of hydrogen-bond acceptors (Lipinski definition) is 4. The lowest BCUT2D eigenvalue weighted by Crippen LogP contribution is -2.12. The topological polar surface area (TPSA) is 48.3 Å². The summed E-state index contributed by atoms with van der Waals surface area (Å²) in [5, 5.41) is 3.32. The Hall–Kier alpha value is -1.07. The van der Waals surface area contributed by atoms with E-state index in [1.165, 1.54) is 6.42 Å². The first-order valence-electron chi connectivity index (χ1n) is 6.20.